The second kappa shape index (κ2) is 6.52. The topological polar surface area (TPSA) is 40.5 Å². The first-order chi connectivity index (χ1) is 10.0. The van der Waals surface area contributed by atoms with E-state index >= 15 is 0 Å². The van der Waals surface area contributed by atoms with Gasteiger partial charge < -0.3 is 10.2 Å². The van der Waals surface area contributed by atoms with E-state index in [2.05, 4.69) is 0 Å². The molecule has 112 valence electrons. The third-order valence-corrected chi connectivity index (χ3v) is 3.84. The molecule has 0 unspecified atom stereocenters. The van der Waals surface area contributed by atoms with Crippen molar-refractivity contribution in [1.29, 1.82) is 0 Å². The summed E-state index contributed by atoms with van der Waals surface area (Å²) >= 11 is 6.12. The van der Waals surface area contributed by atoms with Crippen LogP contribution in [-0.2, 0) is 11.8 Å². The van der Waals surface area contributed by atoms with E-state index in [1.54, 1.807) is 24.3 Å². The van der Waals surface area contributed by atoms with Crippen LogP contribution in [0.15, 0.2) is 42.5 Å². The minimum atomic E-state index is -1.10. The van der Waals surface area contributed by atoms with Gasteiger partial charge >= 0.3 is 0 Å². The molecule has 0 bridgehead atoms. The highest BCUT2D eigenvalue weighted by Gasteiger charge is 2.33. The molecule has 2 N–H and O–H groups in total. The fourth-order valence-corrected chi connectivity index (χ4v) is 2.76. The van der Waals surface area contributed by atoms with Crippen molar-refractivity contribution < 1.29 is 19.0 Å². The number of halogens is 3. The maximum Gasteiger partial charge on any atom is 0.126 e. The molecule has 0 radical (unpaired) electrons. The summed E-state index contributed by atoms with van der Waals surface area (Å²) < 4.78 is 26.6. The van der Waals surface area contributed by atoms with Crippen LogP contribution in [0.5, 0.6) is 0 Å². The van der Waals surface area contributed by atoms with E-state index < -0.39 is 30.3 Å². The smallest absolute Gasteiger partial charge is 0.126 e. The Kier molecular flexibility index (Phi) is 4.93. The van der Waals surface area contributed by atoms with Crippen LogP contribution in [0.1, 0.15) is 11.1 Å². The van der Waals surface area contributed by atoms with E-state index in [9.17, 15) is 19.0 Å². The summed E-state index contributed by atoms with van der Waals surface area (Å²) in [6.45, 7) is -0.795. The molecule has 0 atom stereocenters. The van der Waals surface area contributed by atoms with Crippen LogP contribution in [0.2, 0.25) is 5.02 Å². The van der Waals surface area contributed by atoms with Gasteiger partial charge in [0.2, 0.25) is 0 Å². The van der Waals surface area contributed by atoms with Gasteiger partial charge in [-0.1, -0.05) is 29.8 Å². The number of rotatable bonds is 5. The molecule has 2 aromatic rings. The number of hydrogen-bond donors (Lipinski definition) is 2. The van der Waals surface area contributed by atoms with Crippen molar-refractivity contribution in [2.24, 2.45) is 0 Å². The second-order valence-corrected chi connectivity index (χ2v) is 5.44. The Morgan fingerprint density at radius 1 is 0.952 bits per heavy atom. The highest BCUT2D eigenvalue weighted by molar-refractivity contribution is 6.31. The molecule has 0 aliphatic rings. The molecule has 0 aliphatic carbocycles. The average Bonchev–Trinajstić information content (AvgIpc) is 2.44. The van der Waals surface area contributed by atoms with Crippen molar-refractivity contribution >= 4 is 11.6 Å². The third kappa shape index (κ3) is 3.40. The standard InChI is InChI=1S/C16H15ClF2O2/c17-15-4-2-1-3-14(15)16(9-20,10-21)8-11-5-12(18)7-13(19)6-11/h1-7,20-21H,8-10H2. The summed E-state index contributed by atoms with van der Waals surface area (Å²) in [4.78, 5) is 0. The summed E-state index contributed by atoms with van der Waals surface area (Å²) in [5.74, 6) is -1.40. The maximum atomic E-state index is 13.3. The van der Waals surface area contributed by atoms with Gasteiger partial charge in [0.1, 0.15) is 11.6 Å². The Balaban J connectivity index is 2.45. The van der Waals surface area contributed by atoms with Gasteiger partial charge in [-0.15, -0.1) is 0 Å². The molecule has 0 fully saturated rings. The Bertz CT molecular complexity index is 607. The van der Waals surface area contributed by atoms with E-state index in [4.69, 9.17) is 11.6 Å². The van der Waals surface area contributed by atoms with Gasteiger partial charge in [-0.05, 0) is 35.7 Å². The molecular weight excluding hydrogens is 298 g/mol. The van der Waals surface area contributed by atoms with Crippen LogP contribution in [-0.4, -0.2) is 23.4 Å². The quantitative estimate of drug-likeness (QED) is 0.891. The summed E-state index contributed by atoms with van der Waals surface area (Å²) in [6.07, 6.45) is 0.0679. The van der Waals surface area contributed by atoms with Gasteiger partial charge in [0.25, 0.3) is 0 Å². The van der Waals surface area contributed by atoms with Crippen molar-refractivity contribution in [3.63, 3.8) is 0 Å². The minimum Gasteiger partial charge on any atom is -0.395 e. The first kappa shape index (κ1) is 15.9. The molecule has 2 nitrogen and oxygen atoms in total. The lowest BCUT2D eigenvalue weighted by atomic mass is 9.76. The maximum absolute atomic E-state index is 13.3. The largest absolute Gasteiger partial charge is 0.395 e. The van der Waals surface area contributed by atoms with E-state index in [-0.39, 0.29) is 6.42 Å². The molecular formula is C16H15ClF2O2. The van der Waals surface area contributed by atoms with Gasteiger partial charge in [0.05, 0.1) is 13.2 Å². The fraction of sp³-hybridized carbons (Fsp3) is 0.250. The third-order valence-electron chi connectivity index (χ3n) is 3.52. The van der Waals surface area contributed by atoms with Gasteiger partial charge in [-0.2, -0.15) is 0 Å². The van der Waals surface area contributed by atoms with Gasteiger partial charge in [0.15, 0.2) is 0 Å². The van der Waals surface area contributed by atoms with Gasteiger partial charge in [-0.3, -0.25) is 0 Å². The molecule has 2 aromatic carbocycles. The van der Waals surface area contributed by atoms with Crippen molar-refractivity contribution in [1.82, 2.24) is 0 Å². The van der Waals surface area contributed by atoms with Crippen molar-refractivity contribution in [3.05, 3.63) is 70.2 Å². The fourth-order valence-electron chi connectivity index (χ4n) is 2.42. The van der Waals surface area contributed by atoms with Crippen LogP contribution in [0.4, 0.5) is 8.78 Å². The SMILES string of the molecule is OCC(CO)(Cc1cc(F)cc(F)c1)c1ccccc1Cl. The average molecular weight is 313 g/mol. The van der Waals surface area contributed by atoms with Crippen LogP contribution >= 0.6 is 11.6 Å². The zero-order valence-corrected chi connectivity index (χ0v) is 11.9. The highest BCUT2D eigenvalue weighted by Crippen LogP contribution is 2.33. The summed E-state index contributed by atoms with van der Waals surface area (Å²) in [5.41, 5.74) is -0.213. The molecule has 21 heavy (non-hydrogen) atoms. The lowest BCUT2D eigenvalue weighted by Gasteiger charge is -2.31. The molecule has 0 amide bonds. The monoisotopic (exact) mass is 312 g/mol. The van der Waals surface area contributed by atoms with Crippen LogP contribution in [0.25, 0.3) is 0 Å². The lowest BCUT2D eigenvalue weighted by molar-refractivity contribution is 0.116. The van der Waals surface area contributed by atoms with E-state index in [0.29, 0.717) is 16.1 Å². The number of aliphatic hydroxyl groups is 2. The summed E-state index contributed by atoms with van der Waals surface area (Å²) in [6, 6.07) is 9.92. The lowest BCUT2D eigenvalue weighted by Crippen LogP contribution is -2.37. The predicted molar refractivity (Wildman–Crippen MR) is 77.4 cm³/mol. The Morgan fingerprint density at radius 3 is 2.05 bits per heavy atom. The zero-order valence-electron chi connectivity index (χ0n) is 11.2. The Morgan fingerprint density at radius 2 is 1.52 bits per heavy atom. The Labute approximate surface area is 126 Å². The zero-order chi connectivity index (χ0) is 15.5. The minimum absolute atomic E-state index is 0.0679. The van der Waals surface area contributed by atoms with E-state index in [1.807, 2.05) is 0 Å². The van der Waals surface area contributed by atoms with Crippen LogP contribution < -0.4 is 0 Å². The molecule has 0 saturated carbocycles. The number of benzene rings is 2. The predicted octanol–water partition coefficient (Wildman–Crippen LogP) is 3.08. The van der Waals surface area contributed by atoms with Crippen LogP contribution in [0, 0.1) is 11.6 Å². The summed E-state index contributed by atoms with van der Waals surface area (Å²) in [5, 5.41) is 19.9. The molecule has 0 spiro atoms. The summed E-state index contributed by atoms with van der Waals surface area (Å²) in [7, 11) is 0. The highest BCUT2D eigenvalue weighted by atomic mass is 35.5. The van der Waals surface area contributed by atoms with E-state index in [0.717, 1.165) is 6.07 Å². The number of aliphatic hydroxyl groups excluding tert-OH is 2. The normalized spacial score (nSPS) is 11.7. The molecule has 0 aromatic heterocycles. The first-order valence-electron chi connectivity index (χ1n) is 6.42. The molecule has 0 aliphatic heterocycles. The molecule has 2 rings (SSSR count). The number of hydrogen-bond acceptors (Lipinski definition) is 2. The Hall–Kier alpha value is -1.49. The molecule has 0 heterocycles. The first-order valence-corrected chi connectivity index (χ1v) is 6.80. The van der Waals surface area contributed by atoms with E-state index in [1.165, 1.54) is 12.1 Å². The second-order valence-electron chi connectivity index (χ2n) is 5.03. The van der Waals surface area contributed by atoms with Gasteiger partial charge in [-0.25, -0.2) is 8.78 Å². The van der Waals surface area contributed by atoms with Crippen molar-refractivity contribution in [3.8, 4) is 0 Å². The van der Waals surface area contributed by atoms with Gasteiger partial charge in [0, 0.05) is 16.5 Å². The molecule has 5 heteroatoms. The van der Waals surface area contributed by atoms with Crippen molar-refractivity contribution in [2.75, 3.05) is 13.2 Å². The molecule has 0 saturated heterocycles. The van der Waals surface area contributed by atoms with Crippen molar-refractivity contribution in [2.45, 2.75) is 11.8 Å². The van der Waals surface area contributed by atoms with Crippen LogP contribution in [0.3, 0.4) is 0 Å².